The van der Waals surface area contributed by atoms with Crippen molar-refractivity contribution in [2.45, 2.75) is 169 Å². The number of imidazole rings is 1. The summed E-state index contributed by atoms with van der Waals surface area (Å²) in [7, 11) is 0. The first-order valence-corrected chi connectivity index (χ1v) is 14.4. The van der Waals surface area contributed by atoms with Gasteiger partial charge in [-0.2, -0.15) is 0 Å². The molecule has 0 aliphatic carbocycles. The van der Waals surface area contributed by atoms with Crippen LogP contribution in [0.25, 0.3) is 0 Å². The summed E-state index contributed by atoms with van der Waals surface area (Å²) in [6.07, 6.45) is 34.4. The van der Waals surface area contributed by atoms with Gasteiger partial charge in [0, 0.05) is 6.42 Å². The van der Waals surface area contributed by atoms with Crippen molar-refractivity contribution in [3.8, 4) is 0 Å². The molecule has 0 aliphatic heterocycles. The molecule has 0 aromatic carbocycles. The van der Waals surface area contributed by atoms with Crippen molar-refractivity contribution in [2.75, 3.05) is 0 Å². The molecule has 0 aliphatic rings. The maximum Gasteiger partial charge on any atom is 0.256 e. The molecule has 1 rings (SSSR count). The molecule has 1 aromatic heterocycles. The molecule has 2 heteroatoms. The minimum Gasteiger partial charge on any atom is -0.235 e. The molecular weight excluding hydrogens is 376 g/mol. The van der Waals surface area contributed by atoms with Crippen LogP contribution in [0.5, 0.6) is 0 Å². The molecular formula is C29H57N2+. The van der Waals surface area contributed by atoms with Gasteiger partial charge in [-0.25, -0.2) is 9.13 Å². The van der Waals surface area contributed by atoms with E-state index in [0.29, 0.717) is 0 Å². The summed E-state index contributed by atoms with van der Waals surface area (Å²) in [5, 5.41) is 0. The highest BCUT2D eigenvalue weighted by Crippen LogP contribution is 2.14. The molecule has 0 fully saturated rings. The number of rotatable bonds is 23. The van der Waals surface area contributed by atoms with E-state index in [1.54, 1.807) is 5.82 Å². The van der Waals surface area contributed by atoms with Gasteiger partial charge in [0.1, 0.15) is 12.4 Å². The van der Waals surface area contributed by atoms with Crippen molar-refractivity contribution >= 4 is 0 Å². The molecule has 0 bridgehead atoms. The van der Waals surface area contributed by atoms with Crippen molar-refractivity contribution in [1.82, 2.24) is 4.57 Å². The fourth-order valence-corrected chi connectivity index (χ4v) is 4.82. The minimum atomic E-state index is 1.11. The average Bonchev–Trinajstić information content (AvgIpc) is 3.18. The van der Waals surface area contributed by atoms with Crippen molar-refractivity contribution in [2.24, 2.45) is 0 Å². The Bertz CT molecular complexity index is 491. The molecule has 0 saturated heterocycles. The van der Waals surface area contributed by atoms with E-state index < -0.39 is 0 Å². The summed E-state index contributed by atoms with van der Waals surface area (Å²) in [6.45, 7) is 9.21. The fraction of sp³-hybridized carbons (Fsp3) is 0.897. The first-order valence-electron chi connectivity index (χ1n) is 14.4. The maximum atomic E-state index is 2.56. The van der Waals surface area contributed by atoms with Crippen molar-refractivity contribution < 1.29 is 4.57 Å². The van der Waals surface area contributed by atoms with Crippen LogP contribution in [-0.2, 0) is 19.5 Å². The van der Waals surface area contributed by atoms with E-state index in [0.717, 1.165) is 6.54 Å². The lowest BCUT2D eigenvalue weighted by molar-refractivity contribution is -0.700. The molecule has 0 N–H and O–H groups in total. The zero-order valence-corrected chi connectivity index (χ0v) is 21.8. The Morgan fingerprint density at radius 2 is 0.968 bits per heavy atom. The summed E-state index contributed by atoms with van der Waals surface area (Å²) < 4.78 is 5.03. The highest BCUT2D eigenvalue weighted by molar-refractivity contribution is 4.84. The predicted molar refractivity (Wildman–Crippen MR) is 138 cm³/mol. The molecule has 0 spiro atoms. The third kappa shape index (κ3) is 14.8. The van der Waals surface area contributed by atoms with E-state index in [2.05, 4.69) is 42.3 Å². The maximum absolute atomic E-state index is 2.56. The number of unbranched alkanes of at least 4 members (excludes halogenated alkanes) is 18. The molecule has 0 amide bonds. The van der Waals surface area contributed by atoms with Crippen molar-refractivity contribution in [3.63, 3.8) is 0 Å². The van der Waals surface area contributed by atoms with E-state index >= 15 is 0 Å². The second-order valence-corrected chi connectivity index (χ2v) is 9.81. The molecule has 182 valence electrons. The summed E-state index contributed by atoms with van der Waals surface area (Å²) in [4.78, 5) is 0. The SMILES string of the molecule is CCCCCCCCCCCCCc1n(CCCCCCCCCCC)cc[n+]1CC. The quantitative estimate of drug-likeness (QED) is 0.120. The third-order valence-electron chi connectivity index (χ3n) is 6.94. The van der Waals surface area contributed by atoms with Gasteiger partial charge in [-0.15, -0.1) is 0 Å². The predicted octanol–water partition coefficient (Wildman–Crippen LogP) is 9.18. The highest BCUT2D eigenvalue weighted by Gasteiger charge is 2.15. The largest absolute Gasteiger partial charge is 0.256 e. The zero-order valence-electron chi connectivity index (χ0n) is 21.8. The number of hydrogen-bond acceptors (Lipinski definition) is 0. The van der Waals surface area contributed by atoms with E-state index in [1.165, 1.54) is 141 Å². The summed E-state index contributed by atoms with van der Waals surface area (Å²) in [5.41, 5.74) is 0. The van der Waals surface area contributed by atoms with Crippen molar-refractivity contribution in [3.05, 3.63) is 18.2 Å². The Morgan fingerprint density at radius 3 is 1.42 bits per heavy atom. The minimum absolute atomic E-state index is 1.11. The van der Waals surface area contributed by atoms with Crippen LogP contribution >= 0.6 is 0 Å². The van der Waals surface area contributed by atoms with Crippen molar-refractivity contribution in [1.29, 1.82) is 0 Å². The van der Waals surface area contributed by atoms with Crippen LogP contribution in [-0.4, -0.2) is 4.57 Å². The second-order valence-electron chi connectivity index (χ2n) is 9.81. The molecule has 0 radical (unpaired) electrons. The van der Waals surface area contributed by atoms with Gasteiger partial charge in [0.2, 0.25) is 0 Å². The lowest BCUT2D eigenvalue weighted by Crippen LogP contribution is -2.36. The van der Waals surface area contributed by atoms with Gasteiger partial charge < -0.3 is 0 Å². The molecule has 1 aromatic rings. The van der Waals surface area contributed by atoms with Crippen LogP contribution in [0.3, 0.4) is 0 Å². The number of aryl methyl sites for hydroxylation is 2. The second kappa shape index (κ2) is 21.1. The van der Waals surface area contributed by atoms with Crippen LogP contribution in [0.4, 0.5) is 0 Å². The van der Waals surface area contributed by atoms with Gasteiger partial charge in [-0.1, -0.05) is 123 Å². The van der Waals surface area contributed by atoms with Gasteiger partial charge in [0.15, 0.2) is 0 Å². The van der Waals surface area contributed by atoms with Gasteiger partial charge >= 0.3 is 0 Å². The van der Waals surface area contributed by atoms with Gasteiger partial charge in [-0.3, -0.25) is 0 Å². The normalized spacial score (nSPS) is 11.5. The third-order valence-corrected chi connectivity index (χ3v) is 6.94. The van der Waals surface area contributed by atoms with Crippen LogP contribution < -0.4 is 4.57 Å². The van der Waals surface area contributed by atoms with Gasteiger partial charge in [-0.05, 0) is 26.2 Å². The summed E-state index contributed by atoms with van der Waals surface area (Å²) in [5.74, 6) is 1.57. The van der Waals surface area contributed by atoms with Crippen LogP contribution in [0, 0.1) is 0 Å². The Labute approximate surface area is 196 Å². The smallest absolute Gasteiger partial charge is 0.235 e. The Kier molecular flexibility index (Phi) is 19.2. The Morgan fingerprint density at radius 1 is 0.548 bits per heavy atom. The number of hydrogen-bond donors (Lipinski definition) is 0. The summed E-state index contributed by atoms with van der Waals surface area (Å²) >= 11 is 0. The van der Waals surface area contributed by atoms with E-state index in [4.69, 9.17) is 0 Å². The molecule has 0 atom stereocenters. The lowest BCUT2D eigenvalue weighted by atomic mass is 10.1. The van der Waals surface area contributed by atoms with E-state index in [1.807, 2.05) is 0 Å². The highest BCUT2D eigenvalue weighted by atomic mass is 15.1. The lowest BCUT2D eigenvalue weighted by Gasteiger charge is -2.06. The van der Waals surface area contributed by atoms with E-state index in [-0.39, 0.29) is 0 Å². The topological polar surface area (TPSA) is 8.81 Å². The first kappa shape index (κ1) is 28.2. The van der Waals surface area contributed by atoms with Crippen LogP contribution in [0.1, 0.15) is 155 Å². The zero-order chi connectivity index (χ0) is 22.4. The fourth-order valence-electron chi connectivity index (χ4n) is 4.82. The molecule has 0 unspecified atom stereocenters. The Hall–Kier alpha value is -0.790. The van der Waals surface area contributed by atoms with E-state index in [9.17, 15) is 0 Å². The monoisotopic (exact) mass is 433 g/mol. The number of nitrogens with zero attached hydrogens (tertiary/aromatic N) is 2. The number of aromatic nitrogens is 2. The van der Waals surface area contributed by atoms with Crippen LogP contribution in [0.2, 0.25) is 0 Å². The van der Waals surface area contributed by atoms with Gasteiger partial charge in [0.05, 0.1) is 13.1 Å². The Balaban J connectivity index is 2.10. The summed E-state index contributed by atoms with van der Waals surface area (Å²) in [6, 6.07) is 0. The van der Waals surface area contributed by atoms with Gasteiger partial charge in [0.25, 0.3) is 5.82 Å². The average molecular weight is 434 g/mol. The standard InChI is InChI=1S/C29H57N2/c1-4-7-9-11-13-15-16-17-19-21-23-25-29-30(6-3)27-28-31(29)26-24-22-20-18-14-12-10-8-5-2/h27-28H,4-26H2,1-3H3/q+1. The first-order chi connectivity index (χ1) is 15.3. The molecule has 31 heavy (non-hydrogen) atoms. The molecule has 1 heterocycles. The molecule has 0 saturated carbocycles. The van der Waals surface area contributed by atoms with Crippen LogP contribution in [0.15, 0.2) is 12.4 Å². The molecule has 2 nitrogen and oxygen atoms in total.